The maximum absolute atomic E-state index is 11.5. The molecule has 0 saturated carbocycles. The average Bonchev–Trinajstić information content (AvgIpc) is 2.84. The number of aromatic nitrogens is 3. The first-order valence-electron chi connectivity index (χ1n) is 5.65. The molecule has 94 valence electrons. The number of rotatable bonds is 2. The van der Waals surface area contributed by atoms with Crippen LogP contribution in [0, 0.1) is 0 Å². The minimum atomic E-state index is -0.500. The fourth-order valence-electron chi connectivity index (χ4n) is 1.94. The Hall–Kier alpha value is -2.89. The highest BCUT2D eigenvalue weighted by atomic mass is 16.1. The summed E-state index contributed by atoms with van der Waals surface area (Å²) >= 11 is 0. The molecule has 0 radical (unpaired) electrons. The van der Waals surface area contributed by atoms with Crippen molar-refractivity contribution >= 4 is 22.5 Å². The van der Waals surface area contributed by atoms with Crippen LogP contribution < -0.4 is 11.5 Å². The minimum Gasteiger partial charge on any atom is -0.396 e. The maximum Gasteiger partial charge on any atom is 0.249 e. The number of carbonyl (C=O) groups is 1. The number of primary amides is 1. The van der Waals surface area contributed by atoms with Gasteiger partial charge in [-0.3, -0.25) is 4.79 Å². The fourth-order valence-corrected chi connectivity index (χ4v) is 1.94. The number of nitrogen functional groups attached to an aromatic ring is 1. The molecule has 0 atom stereocenters. The van der Waals surface area contributed by atoms with Crippen molar-refractivity contribution in [3.05, 3.63) is 48.3 Å². The van der Waals surface area contributed by atoms with E-state index in [1.165, 1.54) is 10.9 Å². The average molecular weight is 253 g/mol. The first kappa shape index (κ1) is 11.2. The molecule has 19 heavy (non-hydrogen) atoms. The van der Waals surface area contributed by atoms with Gasteiger partial charge in [0.25, 0.3) is 0 Å². The van der Waals surface area contributed by atoms with E-state index in [0.29, 0.717) is 22.6 Å². The van der Waals surface area contributed by atoms with E-state index in [2.05, 4.69) is 10.1 Å². The second kappa shape index (κ2) is 4.09. The number of para-hydroxylation sites is 1. The topological polar surface area (TPSA) is 99.8 Å². The summed E-state index contributed by atoms with van der Waals surface area (Å²) in [5.74, 6) is 0.00387. The lowest BCUT2D eigenvalue weighted by atomic mass is 10.1. The summed E-state index contributed by atoms with van der Waals surface area (Å²) < 4.78 is 1.51. The van der Waals surface area contributed by atoms with Gasteiger partial charge in [0, 0.05) is 5.39 Å². The van der Waals surface area contributed by atoms with Crippen LogP contribution in [0.4, 0.5) is 5.69 Å². The molecule has 0 aliphatic rings. The number of anilines is 1. The molecule has 0 spiro atoms. The van der Waals surface area contributed by atoms with Gasteiger partial charge in [0.15, 0.2) is 5.82 Å². The summed E-state index contributed by atoms with van der Waals surface area (Å²) in [5.41, 5.74) is 12.7. The number of carbonyl (C=O) groups excluding carboxylic acids is 1. The van der Waals surface area contributed by atoms with E-state index < -0.39 is 5.91 Å². The normalized spacial score (nSPS) is 10.7. The van der Waals surface area contributed by atoms with Gasteiger partial charge < -0.3 is 11.5 Å². The van der Waals surface area contributed by atoms with Gasteiger partial charge in [-0.1, -0.05) is 18.2 Å². The largest absolute Gasteiger partial charge is 0.396 e. The van der Waals surface area contributed by atoms with Crippen LogP contribution in [0.15, 0.2) is 42.7 Å². The van der Waals surface area contributed by atoms with E-state index >= 15 is 0 Å². The number of nitrogens with zero attached hydrogens (tertiary/aromatic N) is 3. The van der Waals surface area contributed by atoms with Crippen LogP contribution in [0.25, 0.3) is 16.7 Å². The van der Waals surface area contributed by atoms with Crippen LogP contribution in [0.5, 0.6) is 0 Å². The third kappa shape index (κ3) is 1.89. The standard InChI is InChI=1S/C13H11N5O/c14-8-6-16-18(7-8)12-5-10(13(15)19)9-3-1-2-4-11(9)17-12/h1-7H,14H2,(H2,15,19). The molecule has 0 bridgehead atoms. The molecule has 0 aliphatic carbocycles. The van der Waals surface area contributed by atoms with Crippen molar-refractivity contribution in [2.75, 3.05) is 5.73 Å². The molecule has 1 aromatic carbocycles. The lowest BCUT2D eigenvalue weighted by Crippen LogP contribution is -2.13. The van der Waals surface area contributed by atoms with Gasteiger partial charge in [-0.15, -0.1) is 0 Å². The molecular formula is C13H11N5O. The molecule has 0 saturated heterocycles. The molecule has 0 aliphatic heterocycles. The number of benzene rings is 1. The van der Waals surface area contributed by atoms with Crippen LogP contribution in [0.2, 0.25) is 0 Å². The zero-order chi connectivity index (χ0) is 13.4. The predicted octanol–water partition coefficient (Wildman–Crippen LogP) is 1.10. The van der Waals surface area contributed by atoms with Crippen molar-refractivity contribution < 1.29 is 4.79 Å². The molecule has 2 aromatic heterocycles. The van der Waals surface area contributed by atoms with Crippen molar-refractivity contribution in [2.45, 2.75) is 0 Å². The van der Waals surface area contributed by atoms with Crippen LogP contribution >= 0.6 is 0 Å². The van der Waals surface area contributed by atoms with Gasteiger partial charge in [-0.05, 0) is 12.1 Å². The van der Waals surface area contributed by atoms with Gasteiger partial charge >= 0.3 is 0 Å². The second-order valence-corrected chi connectivity index (χ2v) is 4.13. The quantitative estimate of drug-likeness (QED) is 0.714. The van der Waals surface area contributed by atoms with Gasteiger partial charge in [0.2, 0.25) is 5.91 Å². The third-order valence-corrected chi connectivity index (χ3v) is 2.81. The number of hydrogen-bond acceptors (Lipinski definition) is 4. The summed E-state index contributed by atoms with van der Waals surface area (Å²) in [6, 6.07) is 8.92. The second-order valence-electron chi connectivity index (χ2n) is 4.13. The highest BCUT2D eigenvalue weighted by Crippen LogP contribution is 2.20. The fraction of sp³-hybridized carbons (Fsp3) is 0. The van der Waals surface area contributed by atoms with Crippen molar-refractivity contribution in [2.24, 2.45) is 5.73 Å². The van der Waals surface area contributed by atoms with E-state index in [4.69, 9.17) is 11.5 Å². The van der Waals surface area contributed by atoms with Crippen LogP contribution in [0.3, 0.4) is 0 Å². The Labute approximate surface area is 108 Å². The zero-order valence-corrected chi connectivity index (χ0v) is 9.95. The molecule has 0 unspecified atom stereocenters. The SMILES string of the molecule is NC(=O)c1cc(-n2cc(N)cn2)nc2ccccc12. The lowest BCUT2D eigenvalue weighted by Gasteiger charge is -2.06. The molecule has 0 fully saturated rings. The zero-order valence-electron chi connectivity index (χ0n) is 9.95. The Morgan fingerprint density at radius 1 is 1.26 bits per heavy atom. The van der Waals surface area contributed by atoms with E-state index in [1.807, 2.05) is 24.3 Å². The maximum atomic E-state index is 11.5. The van der Waals surface area contributed by atoms with E-state index in [9.17, 15) is 4.79 Å². The van der Waals surface area contributed by atoms with E-state index in [0.717, 1.165) is 5.39 Å². The predicted molar refractivity (Wildman–Crippen MR) is 71.8 cm³/mol. The Bertz CT molecular complexity index is 778. The van der Waals surface area contributed by atoms with Crippen molar-refractivity contribution in [3.8, 4) is 5.82 Å². The summed E-state index contributed by atoms with van der Waals surface area (Å²) in [4.78, 5) is 16.0. The first-order valence-corrected chi connectivity index (χ1v) is 5.65. The number of fused-ring (bicyclic) bond motifs is 1. The molecule has 3 rings (SSSR count). The van der Waals surface area contributed by atoms with Gasteiger partial charge in [-0.2, -0.15) is 5.10 Å². The summed E-state index contributed by atoms with van der Waals surface area (Å²) in [6.07, 6.45) is 3.14. The monoisotopic (exact) mass is 253 g/mol. The lowest BCUT2D eigenvalue weighted by molar-refractivity contribution is 0.100. The molecule has 3 aromatic rings. The molecular weight excluding hydrogens is 242 g/mol. The van der Waals surface area contributed by atoms with Crippen molar-refractivity contribution in [1.29, 1.82) is 0 Å². The molecule has 2 heterocycles. The smallest absolute Gasteiger partial charge is 0.249 e. The Morgan fingerprint density at radius 2 is 2.05 bits per heavy atom. The highest BCUT2D eigenvalue weighted by molar-refractivity contribution is 6.05. The van der Waals surface area contributed by atoms with Crippen molar-refractivity contribution in [3.63, 3.8) is 0 Å². The number of nitrogens with two attached hydrogens (primary N) is 2. The van der Waals surface area contributed by atoms with Gasteiger partial charge in [0.1, 0.15) is 0 Å². The highest BCUT2D eigenvalue weighted by Gasteiger charge is 2.11. The summed E-state index contributed by atoms with van der Waals surface area (Å²) in [6.45, 7) is 0. The number of pyridine rings is 1. The van der Waals surface area contributed by atoms with Gasteiger partial charge in [-0.25, -0.2) is 9.67 Å². The molecule has 4 N–H and O–H groups in total. The Balaban J connectivity index is 2.30. The summed E-state index contributed by atoms with van der Waals surface area (Å²) in [5, 5.41) is 4.79. The number of amides is 1. The first-order chi connectivity index (χ1) is 9.15. The molecule has 1 amide bonds. The molecule has 6 nitrogen and oxygen atoms in total. The third-order valence-electron chi connectivity index (χ3n) is 2.81. The van der Waals surface area contributed by atoms with Crippen LogP contribution in [-0.4, -0.2) is 20.7 Å². The van der Waals surface area contributed by atoms with E-state index in [1.54, 1.807) is 12.3 Å². The Morgan fingerprint density at radius 3 is 2.74 bits per heavy atom. The summed E-state index contributed by atoms with van der Waals surface area (Å²) in [7, 11) is 0. The molecule has 6 heteroatoms. The minimum absolute atomic E-state index is 0.412. The van der Waals surface area contributed by atoms with Crippen LogP contribution in [0.1, 0.15) is 10.4 Å². The number of hydrogen-bond donors (Lipinski definition) is 2. The van der Waals surface area contributed by atoms with Crippen molar-refractivity contribution in [1.82, 2.24) is 14.8 Å². The Kier molecular flexibility index (Phi) is 2.42. The van der Waals surface area contributed by atoms with E-state index in [-0.39, 0.29) is 0 Å². The van der Waals surface area contributed by atoms with Crippen LogP contribution in [-0.2, 0) is 0 Å². The van der Waals surface area contributed by atoms with Gasteiger partial charge in [0.05, 0.1) is 29.2 Å².